The number of carbonyl (C=O) groups excluding carboxylic acids is 1. The minimum absolute atomic E-state index is 0.156. The van der Waals surface area contributed by atoms with Crippen LogP contribution in [0.3, 0.4) is 0 Å². The summed E-state index contributed by atoms with van der Waals surface area (Å²) in [6.45, 7) is 3.41. The summed E-state index contributed by atoms with van der Waals surface area (Å²) < 4.78 is 5.83. The Bertz CT molecular complexity index is 615. The van der Waals surface area contributed by atoms with Gasteiger partial charge < -0.3 is 4.74 Å². The zero-order valence-corrected chi connectivity index (χ0v) is 11.1. The summed E-state index contributed by atoms with van der Waals surface area (Å²) in [4.78, 5) is 12.9. The van der Waals surface area contributed by atoms with Crippen molar-refractivity contribution in [2.75, 3.05) is 0 Å². The molecule has 0 saturated carbocycles. The molecule has 1 atom stereocenters. The van der Waals surface area contributed by atoms with Crippen LogP contribution in [0.15, 0.2) is 30.6 Å². The Morgan fingerprint density at radius 2 is 2.30 bits per heavy atom. The highest BCUT2D eigenvalue weighted by molar-refractivity contribution is 6.31. The van der Waals surface area contributed by atoms with Crippen molar-refractivity contribution in [2.24, 2.45) is 5.84 Å². The van der Waals surface area contributed by atoms with E-state index in [0.29, 0.717) is 15.3 Å². The number of tetrazole rings is 1. The van der Waals surface area contributed by atoms with E-state index in [2.05, 4.69) is 22.1 Å². The van der Waals surface area contributed by atoms with E-state index >= 15 is 0 Å². The number of nitrogens with two attached hydrogens (primary N) is 1. The first-order chi connectivity index (χ1) is 9.58. The molecule has 0 bridgehead atoms. The number of hydrazone groups is 1. The number of carbonyl (C=O) groups is 1. The summed E-state index contributed by atoms with van der Waals surface area (Å²) in [5, 5.41) is 11.6. The summed E-state index contributed by atoms with van der Waals surface area (Å²) in [5.74, 6) is 5.24. The number of nitrogens with zero attached hydrogens (tertiary/aromatic N) is 5. The standard InChI is InChI=1S/C11H12ClN6O2/c1-17(13)11(19)20-10(6-18-15-7-14-16-18)8-4-2-3-5-9(8)12/h2-5,7,10H,1,6,13H2/q+1/t10-/m0/s1. The number of hydrogen-bond donors (Lipinski definition) is 1. The third-order valence-electron chi connectivity index (χ3n) is 2.45. The highest BCUT2D eigenvalue weighted by Crippen LogP contribution is 2.26. The van der Waals surface area contributed by atoms with Gasteiger partial charge >= 0.3 is 6.09 Å². The number of amides is 1. The minimum atomic E-state index is -0.796. The minimum Gasteiger partial charge on any atom is -0.399 e. The molecule has 2 rings (SSSR count). The van der Waals surface area contributed by atoms with Crippen molar-refractivity contribution in [3.8, 4) is 0 Å². The fourth-order valence-corrected chi connectivity index (χ4v) is 1.80. The molecular formula is C11H12ClN6O2+. The van der Waals surface area contributed by atoms with Crippen molar-refractivity contribution in [2.45, 2.75) is 12.6 Å². The topological polar surface area (TPSA) is 98.9 Å². The van der Waals surface area contributed by atoms with Crippen LogP contribution in [0.2, 0.25) is 5.02 Å². The number of aromatic nitrogens is 4. The Morgan fingerprint density at radius 3 is 2.90 bits per heavy atom. The molecule has 0 unspecified atom stereocenters. The predicted molar refractivity (Wildman–Crippen MR) is 70.1 cm³/mol. The third-order valence-corrected chi connectivity index (χ3v) is 2.79. The van der Waals surface area contributed by atoms with E-state index in [9.17, 15) is 4.79 Å². The number of hydrogen-bond acceptors (Lipinski definition) is 6. The zero-order chi connectivity index (χ0) is 14.5. The normalized spacial score (nSPS) is 11.8. The van der Waals surface area contributed by atoms with Crippen molar-refractivity contribution in [1.29, 1.82) is 0 Å². The van der Waals surface area contributed by atoms with Gasteiger partial charge in [0.15, 0.2) is 19.1 Å². The lowest BCUT2D eigenvalue weighted by atomic mass is 10.1. The molecule has 0 aliphatic heterocycles. The molecule has 0 saturated heterocycles. The molecule has 0 aliphatic rings. The van der Waals surface area contributed by atoms with Crippen LogP contribution in [0.25, 0.3) is 0 Å². The van der Waals surface area contributed by atoms with E-state index in [1.807, 2.05) is 0 Å². The van der Waals surface area contributed by atoms with Gasteiger partial charge in [0, 0.05) is 10.6 Å². The van der Waals surface area contributed by atoms with Crippen LogP contribution in [0.4, 0.5) is 4.79 Å². The van der Waals surface area contributed by atoms with Gasteiger partial charge in [0.1, 0.15) is 6.54 Å². The third kappa shape index (κ3) is 3.29. The van der Waals surface area contributed by atoms with Gasteiger partial charge in [-0.25, -0.2) is 0 Å². The SMILES string of the molecule is C=[N+](N)C(=O)O[C@@H](Cn1ncnn1)c1ccccc1Cl. The van der Waals surface area contributed by atoms with Crippen LogP contribution in [-0.2, 0) is 11.3 Å². The average molecular weight is 296 g/mol. The molecule has 2 N–H and O–H groups in total. The summed E-state index contributed by atoms with van der Waals surface area (Å²) in [6, 6.07) is 6.98. The fourth-order valence-electron chi connectivity index (χ4n) is 1.55. The van der Waals surface area contributed by atoms with Crippen LogP contribution < -0.4 is 5.84 Å². The van der Waals surface area contributed by atoms with Gasteiger partial charge in [-0.05, 0) is 16.0 Å². The highest BCUT2D eigenvalue weighted by atomic mass is 35.5. The van der Waals surface area contributed by atoms with Crippen LogP contribution >= 0.6 is 11.6 Å². The highest BCUT2D eigenvalue weighted by Gasteiger charge is 2.25. The molecular weight excluding hydrogens is 284 g/mol. The Balaban J connectivity index is 2.26. The van der Waals surface area contributed by atoms with E-state index in [-0.39, 0.29) is 6.54 Å². The maximum absolute atomic E-state index is 11.6. The Kier molecular flexibility index (Phi) is 4.26. The summed E-state index contributed by atoms with van der Waals surface area (Å²) in [6.07, 6.45) is -0.226. The van der Waals surface area contributed by atoms with Crippen molar-refractivity contribution in [3.05, 3.63) is 41.2 Å². The largest absolute Gasteiger partial charge is 0.625 e. The summed E-state index contributed by atoms with van der Waals surface area (Å²) in [5.41, 5.74) is 0.613. The smallest absolute Gasteiger partial charge is 0.399 e. The molecule has 0 aliphatic carbocycles. The van der Waals surface area contributed by atoms with Crippen LogP contribution in [0.1, 0.15) is 11.7 Å². The molecule has 1 amide bonds. The average Bonchev–Trinajstić information content (AvgIpc) is 2.91. The van der Waals surface area contributed by atoms with E-state index in [1.54, 1.807) is 24.3 Å². The van der Waals surface area contributed by atoms with Gasteiger partial charge in [-0.15, -0.1) is 10.2 Å². The molecule has 20 heavy (non-hydrogen) atoms. The van der Waals surface area contributed by atoms with E-state index < -0.39 is 12.2 Å². The number of ether oxygens (including phenoxy) is 1. The maximum Gasteiger partial charge on any atom is 0.625 e. The van der Waals surface area contributed by atoms with Crippen molar-refractivity contribution < 1.29 is 14.2 Å². The van der Waals surface area contributed by atoms with Crippen molar-refractivity contribution in [1.82, 2.24) is 20.2 Å². The summed E-state index contributed by atoms with van der Waals surface area (Å²) in [7, 11) is 0. The van der Waals surface area contributed by atoms with Crippen LogP contribution in [0.5, 0.6) is 0 Å². The number of hydrazine groups is 1. The second kappa shape index (κ2) is 6.11. The number of benzene rings is 1. The Labute approximate surface area is 119 Å². The Hall–Kier alpha value is -2.48. The van der Waals surface area contributed by atoms with Gasteiger partial charge in [-0.1, -0.05) is 29.8 Å². The molecule has 104 valence electrons. The fraction of sp³-hybridized carbons (Fsp3) is 0.182. The van der Waals surface area contributed by atoms with E-state index in [1.165, 1.54) is 11.1 Å². The second-order valence-electron chi connectivity index (χ2n) is 3.85. The van der Waals surface area contributed by atoms with Gasteiger partial charge in [0.2, 0.25) is 0 Å². The lowest BCUT2D eigenvalue weighted by Gasteiger charge is -2.16. The van der Waals surface area contributed by atoms with Crippen LogP contribution in [-0.4, -0.2) is 37.7 Å². The van der Waals surface area contributed by atoms with Crippen molar-refractivity contribution >= 4 is 24.4 Å². The van der Waals surface area contributed by atoms with Crippen molar-refractivity contribution in [3.63, 3.8) is 0 Å². The number of rotatable bonds is 4. The second-order valence-corrected chi connectivity index (χ2v) is 4.26. The molecule has 2 aromatic rings. The molecule has 9 heteroatoms. The quantitative estimate of drug-likeness (QED) is 0.294. The molecule has 0 spiro atoms. The van der Waals surface area contributed by atoms with Crippen LogP contribution in [0, 0.1) is 0 Å². The maximum atomic E-state index is 11.6. The lowest BCUT2D eigenvalue weighted by molar-refractivity contribution is -0.451. The molecule has 0 fully saturated rings. The molecule has 1 aromatic carbocycles. The molecule has 8 nitrogen and oxygen atoms in total. The molecule has 1 aromatic heterocycles. The first-order valence-electron chi connectivity index (χ1n) is 5.59. The van der Waals surface area contributed by atoms with E-state index in [0.717, 1.165) is 0 Å². The van der Waals surface area contributed by atoms with Gasteiger partial charge in [-0.2, -0.15) is 15.4 Å². The zero-order valence-electron chi connectivity index (χ0n) is 10.4. The van der Waals surface area contributed by atoms with Gasteiger partial charge in [0.05, 0.1) is 0 Å². The molecule has 1 heterocycles. The van der Waals surface area contributed by atoms with Gasteiger partial charge in [0.25, 0.3) is 0 Å². The van der Waals surface area contributed by atoms with Gasteiger partial charge in [-0.3, -0.25) is 0 Å². The predicted octanol–water partition coefficient (Wildman–Crippen LogP) is 0.791. The lowest BCUT2D eigenvalue weighted by Crippen LogP contribution is -2.29. The molecule has 0 radical (unpaired) electrons. The monoisotopic (exact) mass is 295 g/mol. The first-order valence-corrected chi connectivity index (χ1v) is 5.97. The summed E-state index contributed by atoms with van der Waals surface area (Å²) >= 11 is 6.10. The number of halogens is 1. The first kappa shape index (κ1) is 13.9. The Morgan fingerprint density at radius 1 is 1.55 bits per heavy atom. The van der Waals surface area contributed by atoms with E-state index in [4.69, 9.17) is 22.2 Å².